The van der Waals surface area contributed by atoms with Crippen LogP contribution in [0, 0.1) is 0 Å². The van der Waals surface area contributed by atoms with Crippen molar-refractivity contribution in [3.63, 3.8) is 0 Å². The van der Waals surface area contributed by atoms with Crippen LogP contribution in [0.4, 0.5) is 0 Å². The Balaban J connectivity index is 1.15. The first-order chi connectivity index (χ1) is 39.3. The zero-order valence-electron chi connectivity index (χ0n) is 45.3. The number of rotatable bonds is 30. The summed E-state index contributed by atoms with van der Waals surface area (Å²) in [4.78, 5) is 0. The summed E-state index contributed by atoms with van der Waals surface area (Å²) in [6.07, 6.45) is -8.99. The first-order valence-corrected chi connectivity index (χ1v) is 28.8. The Morgan fingerprint density at radius 1 is 0.412 bits per heavy atom. The summed E-state index contributed by atoms with van der Waals surface area (Å²) >= 11 is 0. The van der Waals surface area contributed by atoms with Gasteiger partial charge in [-0.2, -0.15) is 8.42 Å². The molecule has 0 spiro atoms. The van der Waals surface area contributed by atoms with E-state index in [0.29, 0.717) is 0 Å². The van der Waals surface area contributed by atoms with E-state index < -0.39 is 76.8 Å². The molecule has 0 aliphatic carbocycles. The van der Waals surface area contributed by atoms with Gasteiger partial charge in [0.1, 0.15) is 54.6 Å². The number of ether oxygens (including phenoxy) is 11. The van der Waals surface area contributed by atoms with Crippen molar-refractivity contribution in [2.24, 2.45) is 0 Å². The zero-order valence-corrected chi connectivity index (χ0v) is 46.1. The Morgan fingerprint density at radius 2 is 0.762 bits per heavy atom. The predicted octanol–water partition coefficient (Wildman–Crippen LogP) is 10.6. The van der Waals surface area contributed by atoms with Gasteiger partial charge in [0.15, 0.2) is 6.29 Å². The van der Waals surface area contributed by atoms with E-state index >= 15 is 0 Å². The van der Waals surface area contributed by atoms with E-state index in [4.69, 9.17) is 56.3 Å². The molecule has 80 heavy (non-hydrogen) atoms. The van der Waals surface area contributed by atoms with Crippen molar-refractivity contribution in [3.8, 4) is 0 Å². The first kappa shape index (κ1) is 58.7. The molecule has 0 radical (unpaired) electrons. The van der Waals surface area contributed by atoms with Gasteiger partial charge in [-0.05, 0) is 45.9 Å². The van der Waals surface area contributed by atoms with Gasteiger partial charge < -0.3 is 52.1 Å². The quantitative estimate of drug-likeness (QED) is 0.0394. The van der Waals surface area contributed by atoms with E-state index in [1.165, 1.54) is 0 Å². The Hall–Kier alpha value is -5.99. The standard InChI is InChI=1S/C65H72O14S/c1-3-77-80(66,67)48-65(76-47-56-58(70-40-50-27-13-5-14-28-50)60(72-42-52-31-17-7-18-32-52)62(64(68-2)78-56)74-44-54-35-21-9-22-36-54)63(75-45-55-37-23-10-24-38-55)61(73-43-53-33-19-8-20-34-53)59(71-41-51-29-15-6-16-30-51)57(79-65)46-69-39-49-25-11-4-12-26-49/h4-38,56-64H,3,39-48H2,1-2H3/t56-,57-,58-,59-,60+,61+,62-,63-,64+,65-/m1/s1. The minimum Gasteiger partial charge on any atom is -0.374 e. The molecular weight excluding hydrogens is 1040 g/mol. The van der Waals surface area contributed by atoms with Crippen LogP contribution in [0.3, 0.4) is 0 Å². The van der Waals surface area contributed by atoms with Crippen LogP contribution in [-0.2, 0) is 113 Å². The Morgan fingerprint density at radius 3 is 1.16 bits per heavy atom. The van der Waals surface area contributed by atoms with Crippen molar-refractivity contribution in [2.75, 3.05) is 32.7 Å². The molecule has 9 rings (SSSR count). The molecule has 0 saturated carbocycles. The van der Waals surface area contributed by atoms with Gasteiger partial charge in [-0.25, -0.2) is 0 Å². The van der Waals surface area contributed by atoms with Crippen LogP contribution in [0.2, 0.25) is 0 Å². The minimum atomic E-state index is -4.49. The predicted molar refractivity (Wildman–Crippen MR) is 301 cm³/mol. The van der Waals surface area contributed by atoms with Gasteiger partial charge in [0.25, 0.3) is 10.1 Å². The number of hydrogen-bond donors (Lipinski definition) is 0. The van der Waals surface area contributed by atoms with Crippen LogP contribution in [0.1, 0.15) is 45.9 Å². The van der Waals surface area contributed by atoms with Crippen LogP contribution in [-0.4, -0.2) is 102 Å². The Kier molecular flexibility index (Phi) is 22.1. The van der Waals surface area contributed by atoms with Gasteiger partial charge in [0.05, 0.1) is 66.1 Å². The molecule has 0 amide bonds. The molecule has 2 fully saturated rings. The third-order valence-electron chi connectivity index (χ3n) is 13.9. The molecule has 422 valence electrons. The third-order valence-corrected chi connectivity index (χ3v) is 15.2. The second kappa shape index (κ2) is 30.2. The summed E-state index contributed by atoms with van der Waals surface area (Å²) < 4.78 is 111. The summed E-state index contributed by atoms with van der Waals surface area (Å²) in [5, 5.41) is 0. The van der Waals surface area contributed by atoms with Crippen LogP contribution in [0.25, 0.3) is 0 Å². The molecule has 2 heterocycles. The second-order valence-corrected chi connectivity index (χ2v) is 21.3. The SMILES string of the molecule is CCOS(=O)(=O)C[C@@]1(OC[C@H]2O[C@H](OC)[C@H](OCc3ccccc3)[C@@H](OCc3ccccc3)[C@@H]2OCc2ccccc2)O[C@H](COCc2ccccc2)[C@@H](OCc2ccccc2)[C@H](OCc2ccccc2)[C@H]1OCc1ccccc1. The largest absolute Gasteiger partial charge is 0.374 e. The monoisotopic (exact) mass is 1110 g/mol. The molecule has 2 aliphatic heterocycles. The van der Waals surface area contributed by atoms with Gasteiger partial charge >= 0.3 is 0 Å². The lowest BCUT2D eigenvalue weighted by Gasteiger charge is -2.52. The molecule has 2 saturated heterocycles. The molecule has 0 N–H and O–H groups in total. The van der Waals surface area contributed by atoms with Crippen molar-refractivity contribution < 1.29 is 64.7 Å². The third kappa shape index (κ3) is 16.8. The molecular formula is C65H72O14S. The summed E-state index contributed by atoms with van der Waals surface area (Å²) in [6, 6.07) is 68.2. The van der Waals surface area contributed by atoms with E-state index in [1.54, 1.807) is 14.0 Å². The second-order valence-electron chi connectivity index (χ2n) is 19.7. The highest BCUT2D eigenvalue weighted by molar-refractivity contribution is 7.86. The van der Waals surface area contributed by atoms with E-state index in [-0.39, 0.29) is 66.1 Å². The Labute approximate surface area is 470 Å². The number of benzene rings is 7. The van der Waals surface area contributed by atoms with Gasteiger partial charge in [-0.3, -0.25) is 4.18 Å². The molecule has 10 atom stereocenters. The van der Waals surface area contributed by atoms with Crippen LogP contribution in [0.15, 0.2) is 212 Å². The highest BCUT2D eigenvalue weighted by Gasteiger charge is 2.61. The molecule has 2 aliphatic rings. The fourth-order valence-electron chi connectivity index (χ4n) is 9.95. The van der Waals surface area contributed by atoms with Gasteiger partial charge in [-0.1, -0.05) is 212 Å². The highest BCUT2D eigenvalue weighted by atomic mass is 32.2. The molecule has 7 aromatic carbocycles. The lowest BCUT2D eigenvalue weighted by molar-refractivity contribution is -0.387. The molecule has 0 unspecified atom stereocenters. The Bertz CT molecular complexity index is 2930. The molecule has 15 heteroatoms. The minimum absolute atomic E-state index is 0.00472. The zero-order chi connectivity index (χ0) is 55.2. The normalized spacial score (nSPS) is 24.1. The van der Waals surface area contributed by atoms with Gasteiger partial charge in [0.2, 0.25) is 5.79 Å². The van der Waals surface area contributed by atoms with Crippen LogP contribution < -0.4 is 0 Å². The molecule has 0 bridgehead atoms. The van der Waals surface area contributed by atoms with Gasteiger partial charge in [0, 0.05) is 7.11 Å². The lowest BCUT2D eigenvalue weighted by atomic mass is 9.91. The summed E-state index contributed by atoms with van der Waals surface area (Å²) in [5.41, 5.74) is 6.23. The maximum absolute atomic E-state index is 14.6. The first-order valence-electron chi connectivity index (χ1n) is 27.2. The lowest BCUT2D eigenvalue weighted by Crippen LogP contribution is -2.71. The molecule has 7 aromatic rings. The van der Waals surface area contributed by atoms with E-state index in [2.05, 4.69) is 0 Å². The average molecular weight is 1110 g/mol. The molecule has 0 aromatic heterocycles. The van der Waals surface area contributed by atoms with E-state index in [9.17, 15) is 8.42 Å². The number of methoxy groups -OCH3 is 1. The average Bonchev–Trinajstić information content (AvgIpc) is 3.50. The highest BCUT2D eigenvalue weighted by Crippen LogP contribution is 2.41. The fraction of sp³-hybridized carbons (Fsp3) is 0.354. The maximum atomic E-state index is 14.6. The van der Waals surface area contributed by atoms with E-state index in [1.807, 2.05) is 212 Å². The van der Waals surface area contributed by atoms with Crippen molar-refractivity contribution in [3.05, 3.63) is 251 Å². The van der Waals surface area contributed by atoms with E-state index in [0.717, 1.165) is 38.9 Å². The summed E-state index contributed by atoms with van der Waals surface area (Å²) in [7, 11) is -2.94. The molecule has 14 nitrogen and oxygen atoms in total. The van der Waals surface area contributed by atoms with Crippen LogP contribution >= 0.6 is 0 Å². The summed E-state index contributed by atoms with van der Waals surface area (Å²) in [5.74, 6) is -3.06. The van der Waals surface area contributed by atoms with Crippen molar-refractivity contribution in [2.45, 2.75) is 114 Å². The van der Waals surface area contributed by atoms with Gasteiger partial charge in [-0.15, -0.1) is 0 Å². The smallest absolute Gasteiger partial charge is 0.272 e. The summed E-state index contributed by atoms with van der Waals surface area (Å²) in [6.45, 7) is 2.05. The topological polar surface area (TPSA) is 145 Å². The fourth-order valence-corrected chi connectivity index (χ4v) is 11.2. The van der Waals surface area contributed by atoms with Crippen LogP contribution in [0.5, 0.6) is 0 Å². The van der Waals surface area contributed by atoms with Crippen molar-refractivity contribution in [1.82, 2.24) is 0 Å². The maximum Gasteiger partial charge on any atom is 0.272 e. The number of hydrogen-bond acceptors (Lipinski definition) is 14. The van der Waals surface area contributed by atoms with Crippen molar-refractivity contribution in [1.29, 1.82) is 0 Å². The van der Waals surface area contributed by atoms with Crippen molar-refractivity contribution >= 4 is 10.1 Å².